The molecular formula is C14H11BrN2O2S. The van der Waals surface area contributed by atoms with Crippen LogP contribution < -0.4 is 11.1 Å². The van der Waals surface area contributed by atoms with Crippen molar-refractivity contribution in [2.75, 3.05) is 5.32 Å². The van der Waals surface area contributed by atoms with E-state index < -0.39 is 5.91 Å². The van der Waals surface area contributed by atoms with Gasteiger partial charge in [-0.15, -0.1) is 12.6 Å². The van der Waals surface area contributed by atoms with Crippen LogP contribution in [0.4, 0.5) is 5.69 Å². The zero-order valence-electron chi connectivity index (χ0n) is 10.3. The normalized spacial score (nSPS) is 10.1. The summed E-state index contributed by atoms with van der Waals surface area (Å²) in [5.74, 6) is -0.844. The van der Waals surface area contributed by atoms with Crippen molar-refractivity contribution in [3.63, 3.8) is 0 Å². The molecule has 0 unspecified atom stereocenters. The Hall–Kier alpha value is -1.79. The summed E-state index contributed by atoms with van der Waals surface area (Å²) >= 11 is 7.57. The Morgan fingerprint density at radius 3 is 2.55 bits per heavy atom. The summed E-state index contributed by atoms with van der Waals surface area (Å²) in [4.78, 5) is 23.8. The number of carbonyl (C=O) groups excluding carboxylic acids is 2. The summed E-state index contributed by atoms with van der Waals surface area (Å²) < 4.78 is 0.842. The molecule has 2 rings (SSSR count). The predicted octanol–water partition coefficient (Wildman–Crippen LogP) is 3.09. The second-order valence-electron chi connectivity index (χ2n) is 4.06. The molecule has 0 aliphatic heterocycles. The highest BCUT2D eigenvalue weighted by Crippen LogP contribution is 2.21. The van der Waals surface area contributed by atoms with Crippen molar-refractivity contribution < 1.29 is 9.59 Å². The summed E-state index contributed by atoms with van der Waals surface area (Å²) in [6.45, 7) is 0. The molecule has 0 aromatic heterocycles. The highest BCUT2D eigenvalue weighted by Gasteiger charge is 2.11. The number of benzene rings is 2. The number of rotatable bonds is 3. The molecule has 0 radical (unpaired) electrons. The van der Waals surface area contributed by atoms with E-state index in [1.807, 2.05) is 0 Å². The average molecular weight is 351 g/mol. The lowest BCUT2D eigenvalue weighted by molar-refractivity contribution is 0.0996. The van der Waals surface area contributed by atoms with Crippen molar-refractivity contribution in [1.82, 2.24) is 0 Å². The topological polar surface area (TPSA) is 72.2 Å². The van der Waals surface area contributed by atoms with Crippen molar-refractivity contribution in [3.8, 4) is 0 Å². The Bertz CT molecular complexity index is 689. The largest absolute Gasteiger partial charge is 0.366 e. The molecule has 0 saturated heterocycles. The van der Waals surface area contributed by atoms with Crippen molar-refractivity contribution in [3.05, 3.63) is 58.1 Å². The van der Waals surface area contributed by atoms with E-state index in [4.69, 9.17) is 5.73 Å². The van der Waals surface area contributed by atoms with Gasteiger partial charge in [0.25, 0.3) is 5.91 Å². The van der Waals surface area contributed by atoms with Crippen LogP contribution >= 0.6 is 28.6 Å². The van der Waals surface area contributed by atoms with Crippen molar-refractivity contribution in [2.24, 2.45) is 5.73 Å². The van der Waals surface area contributed by atoms with Gasteiger partial charge in [0, 0.05) is 20.6 Å². The predicted molar refractivity (Wildman–Crippen MR) is 84.3 cm³/mol. The highest BCUT2D eigenvalue weighted by atomic mass is 79.9. The molecule has 2 aromatic carbocycles. The fourth-order valence-corrected chi connectivity index (χ4v) is 2.50. The van der Waals surface area contributed by atoms with Gasteiger partial charge in [0.15, 0.2) is 0 Å². The second-order valence-corrected chi connectivity index (χ2v) is 5.46. The molecular weight excluding hydrogens is 340 g/mol. The van der Waals surface area contributed by atoms with E-state index in [2.05, 4.69) is 33.9 Å². The second kappa shape index (κ2) is 6.11. The molecule has 0 aliphatic carbocycles. The van der Waals surface area contributed by atoms with E-state index in [1.165, 1.54) is 6.07 Å². The number of hydrogen-bond donors (Lipinski definition) is 3. The molecule has 20 heavy (non-hydrogen) atoms. The van der Waals surface area contributed by atoms with Crippen LogP contribution in [0.1, 0.15) is 20.7 Å². The minimum absolute atomic E-state index is 0.302. The number of amides is 2. The van der Waals surface area contributed by atoms with Crippen LogP contribution in [0.25, 0.3) is 0 Å². The van der Waals surface area contributed by atoms with Gasteiger partial charge >= 0.3 is 0 Å². The third-order valence-corrected chi connectivity index (χ3v) is 3.47. The van der Waals surface area contributed by atoms with Gasteiger partial charge < -0.3 is 11.1 Å². The van der Waals surface area contributed by atoms with Crippen LogP contribution in [0.3, 0.4) is 0 Å². The van der Waals surface area contributed by atoms with Crippen molar-refractivity contribution in [2.45, 2.75) is 4.90 Å². The highest BCUT2D eigenvalue weighted by molar-refractivity contribution is 9.10. The molecule has 3 N–H and O–H groups in total. The molecule has 0 aliphatic rings. The fourth-order valence-electron chi connectivity index (χ4n) is 1.65. The van der Waals surface area contributed by atoms with Gasteiger partial charge in [-0.3, -0.25) is 9.59 Å². The van der Waals surface area contributed by atoms with E-state index >= 15 is 0 Å². The summed E-state index contributed by atoms with van der Waals surface area (Å²) in [6.07, 6.45) is 0. The van der Waals surface area contributed by atoms with Crippen LogP contribution in [0.2, 0.25) is 0 Å². The third-order valence-electron chi connectivity index (χ3n) is 2.61. The van der Waals surface area contributed by atoms with E-state index in [-0.39, 0.29) is 5.91 Å². The van der Waals surface area contributed by atoms with Gasteiger partial charge in [0.1, 0.15) is 0 Å². The summed E-state index contributed by atoms with van der Waals surface area (Å²) in [7, 11) is 0. The number of primary amides is 1. The molecule has 2 aromatic rings. The Morgan fingerprint density at radius 2 is 1.90 bits per heavy atom. The van der Waals surface area contributed by atoms with Gasteiger partial charge in [0.2, 0.25) is 5.91 Å². The Morgan fingerprint density at radius 1 is 1.15 bits per heavy atom. The summed E-state index contributed by atoms with van der Waals surface area (Å²) in [5.41, 5.74) is 6.48. The summed E-state index contributed by atoms with van der Waals surface area (Å²) in [6, 6.07) is 11.6. The van der Waals surface area contributed by atoms with Gasteiger partial charge in [-0.05, 0) is 36.4 Å². The number of nitrogens with two attached hydrogens (primary N) is 1. The maximum atomic E-state index is 12.1. The minimum Gasteiger partial charge on any atom is -0.366 e. The summed E-state index contributed by atoms with van der Waals surface area (Å²) in [5, 5.41) is 2.70. The van der Waals surface area contributed by atoms with Crippen LogP contribution in [-0.4, -0.2) is 11.8 Å². The zero-order valence-corrected chi connectivity index (χ0v) is 12.7. The molecule has 102 valence electrons. The van der Waals surface area contributed by atoms with Crippen molar-refractivity contribution >= 4 is 46.1 Å². The van der Waals surface area contributed by atoms with Gasteiger partial charge in [0.05, 0.1) is 5.56 Å². The van der Waals surface area contributed by atoms with Crippen LogP contribution in [0.15, 0.2) is 51.8 Å². The molecule has 6 heteroatoms. The standard InChI is InChI=1S/C14H11BrN2O2S/c15-9-4-5-11(12(20)7-9)14(19)17-10-3-1-2-8(6-10)13(16)18/h1-7,20H,(H2,16,18)(H,17,19). The minimum atomic E-state index is -0.542. The fraction of sp³-hybridized carbons (Fsp3) is 0. The smallest absolute Gasteiger partial charge is 0.256 e. The molecule has 0 bridgehead atoms. The van der Waals surface area contributed by atoms with Crippen LogP contribution in [0.5, 0.6) is 0 Å². The Balaban J connectivity index is 2.23. The van der Waals surface area contributed by atoms with E-state index in [9.17, 15) is 9.59 Å². The van der Waals surface area contributed by atoms with E-state index in [1.54, 1.807) is 36.4 Å². The van der Waals surface area contributed by atoms with E-state index in [0.29, 0.717) is 21.7 Å². The maximum absolute atomic E-state index is 12.1. The van der Waals surface area contributed by atoms with Gasteiger partial charge in [-0.1, -0.05) is 22.0 Å². The zero-order chi connectivity index (χ0) is 14.7. The molecule has 0 heterocycles. The van der Waals surface area contributed by atoms with Gasteiger partial charge in [-0.25, -0.2) is 0 Å². The number of nitrogens with one attached hydrogen (secondary N) is 1. The molecule has 0 saturated carbocycles. The number of carbonyl (C=O) groups is 2. The SMILES string of the molecule is NC(=O)c1cccc(NC(=O)c2ccc(Br)cc2S)c1. The lowest BCUT2D eigenvalue weighted by atomic mass is 10.1. The molecule has 0 spiro atoms. The lowest BCUT2D eigenvalue weighted by Crippen LogP contribution is -2.14. The first-order valence-electron chi connectivity index (χ1n) is 5.67. The number of halogens is 1. The molecule has 2 amide bonds. The Kier molecular flexibility index (Phi) is 4.46. The van der Waals surface area contributed by atoms with Crippen LogP contribution in [-0.2, 0) is 0 Å². The average Bonchev–Trinajstić information content (AvgIpc) is 2.38. The van der Waals surface area contributed by atoms with E-state index in [0.717, 1.165) is 4.47 Å². The first-order valence-corrected chi connectivity index (χ1v) is 6.91. The Labute approximate surface area is 129 Å². The number of hydrogen-bond acceptors (Lipinski definition) is 3. The van der Waals surface area contributed by atoms with Gasteiger partial charge in [-0.2, -0.15) is 0 Å². The number of thiol groups is 1. The molecule has 4 nitrogen and oxygen atoms in total. The lowest BCUT2D eigenvalue weighted by Gasteiger charge is -2.08. The first kappa shape index (κ1) is 14.6. The van der Waals surface area contributed by atoms with Crippen molar-refractivity contribution in [1.29, 1.82) is 0 Å². The monoisotopic (exact) mass is 350 g/mol. The molecule has 0 fully saturated rings. The first-order chi connectivity index (χ1) is 9.47. The maximum Gasteiger partial charge on any atom is 0.256 e. The molecule has 0 atom stereocenters. The number of anilines is 1. The quantitative estimate of drug-likeness (QED) is 0.744. The van der Waals surface area contributed by atoms with Crippen LogP contribution in [0, 0.1) is 0 Å². The third kappa shape index (κ3) is 3.40.